The highest BCUT2D eigenvalue weighted by molar-refractivity contribution is 9.18. The highest BCUT2D eigenvalue weighted by Crippen LogP contribution is 2.43. The largest absolute Gasteiger partial charge is 0.738 e. The molecule has 0 saturated heterocycles. The van der Waals surface area contributed by atoms with Crippen LogP contribution in [0.1, 0.15) is 16.8 Å². The van der Waals surface area contributed by atoms with Crippen LogP contribution < -0.4 is 0 Å². The van der Waals surface area contributed by atoms with Crippen LogP contribution in [0.2, 0.25) is 0 Å². The topological polar surface area (TPSA) is 7.94 Å². The predicted octanol–water partition coefficient (Wildman–Crippen LogP) is 5.78. The first-order valence-corrected chi connectivity index (χ1v) is 9.13. The van der Waals surface area contributed by atoms with E-state index in [1.54, 1.807) is 0 Å². The smallest absolute Gasteiger partial charge is 0.389 e. The summed E-state index contributed by atoms with van der Waals surface area (Å²) in [6.45, 7) is -4.26. The molecule has 0 atom stereocenters. The molecule has 0 saturated carbocycles. The van der Waals surface area contributed by atoms with Gasteiger partial charge in [-0.15, -0.1) is 0 Å². The number of benzene rings is 1. The molecular weight excluding hydrogens is 505 g/mol. The minimum atomic E-state index is -4.84. The van der Waals surface area contributed by atoms with Crippen LogP contribution in [0.4, 0.5) is 26.2 Å². The summed E-state index contributed by atoms with van der Waals surface area (Å²) in [4.78, 5) is 0. The zero-order valence-electron chi connectivity index (χ0n) is 13.0. The molecule has 2 nitrogen and oxygen atoms in total. The van der Waals surface area contributed by atoms with E-state index in [1.165, 1.54) is 24.3 Å². The van der Waals surface area contributed by atoms with E-state index < -0.39 is 24.5 Å². The average molecular weight is 512 g/mol. The van der Waals surface area contributed by atoms with Crippen LogP contribution >= 0.6 is 31.9 Å². The number of fused-ring (bicyclic) bond motifs is 2. The van der Waals surface area contributed by atoms with Gasteiger partial charge in [-0.25, -0.2) is 4.39 Å². The molecule has 140 valence electrons. The number of halogens is 8. The minimum absolute atomic E-state index is 0.0606. The van der Waals surface area contributed by atoms with Gasteiger partial charge in [0.25, 0.3) is 0 Å². The predicted molar refractivity (Wildman–Crippen MR) is 96.3 cm³/mol. The highest BCUT2D eigenvalue weighted by Gasteiger charge is 2.54. The zero-order valence-corrected chi connectivity index (χ0v) is 16.2. The molecule has 27 heavy (non-hydrogen) atoms. The maximum absolute atomic E-state index is 15.1. The van der Waals surface area contributed by atoms with Crippen molar-refractivity contribution in [2.75, 3.05) is 0 Å². The van der Waals surface area contributed by atoms with Crippen LogP contribution in [0.5, 0.6) is 0 Å². The third-order valence-electron chi connectivity index (χ3n) is 4.43. The lowest BCUT2D eigenvalue weighted by atomic mass is 9.86. The second kappa shape index (κ2) is 5.87. The summed E-state index contributed by atoms with van der Waals surface area (Å²) in [5, 5.41) is 0. The molecule has 1 aromatic carbocycles. The maximum Gasteiger partial charge on any atom is 0.738 e. The van der Waals surface area contributed by atoms with Gasteiger partial charge in [0.15, 0.2) is 5.70 Å². The molecule has 2 aliphatic heterocycles. The van der Waals surface area contributed by atoms with Crippen LogP contribution in [0.15, 0.2) is 52.8 Å². The Morgan fingerprint density at radius 2 is 1.70 bits per heavy atom. The van der Waals surface area contributed by atoms with Crippen molar-refractivity contribution in [1.29, 1.82) is 0 Å². The van der Waals surface area contributed by atoms with Crippen LogP contribution in [0.25, 0.3) is 5.57 Å². The Balaban J connectivity index is 2.02. The van der Waals surface area contributed by atoms with Crippen molar-refractivity contribution in [3.05, 3.63) is 75.4 Å². The van der Waals surface area contributed by atoms with E-state index in [0.717, 1.165) is 15.0 Å². The Hall–Kier alpha value is -1.75. The van der Waals surface area contributed by atoms with Crippen molar-refractivity contribution >= 4 is 49.0 Å². The molecule has 11 heteroatoms. The fourth-order valence-corrected chi connectivity index (χ4v) is 4.47. The molecular formula is C16H7BBr2F6N2. The van der Waals surface area contributed by atoms with Crippen LogP contribution in [0.3, 0.4) is 0 Å². The lowest BCUT2D eigenvalue weighted by Gasteiger charge is -2.32. The van der Waals surface area contributed by atoms with Crippen molar-refractivity contribution < 1.29 is 30.7 Å². The molecule has 0 aliphatic carbocycles. The summed E-state index contributed by atoms with van der Waals surface area (Å²) in [6.07, 6.45) is -2.02. The molecule has 4 rings (SSSR count). The van der Waals surface area contributed by atoms with Gasteiger partial charge in [-0.3, -0.25) is 0 Å². The Kier molecular flexibility index (Phi) is 4.05. The van der Waals surface area contributed by atoms with Gasteiger partial charge in [-0.1, -0.05) is 6.07 Å². The van der Waals surface area contributed by atoms with Gasteiger partial charge >= 0.3 is 13.1 Å². The normalized spacial score (nSPS) is 18.2. The summed E-state index contributed by atoms with van der Waals surface area (Å²) < 4.78 is 84.5. The minimum Gasteiger partial charge on any atom is -0.389 e. The van der Waals surface area contributed by atoms with Gasteiger partial charge in [0.05, 0.1) is 15.7 Å². The van der Waals surface area contributed by atoms with E-state index in [4.69, 9.17) is 0 Å². The molecule has 0 N–H and O–H groups in total. The molecule has 0 fully saturated rings. The molecule has 3 heterocycles. The fraction of sp³-hybridized carbons (Fsp3) is 0.0625. The number of allylic oxidation sites excluding steroid dienone is 2. The van der Waals surface area contributed by atoms with Crippen molar-refractivity contribution in [3.8, 4) is 0 Å². The van der Waals surface area contributed by atoms with Crippen LogP contribution in [-0.4, -0.2) is 20.6 Å². The highest BCUT2D eigenvalue weighted by atomic mass is 79.9. The van der Waals surface area contributed by atoms with E-state index in [2.05, 4.69) is 31.9 Å². The van der Waals surface area contributed by atoms with Gasteiger partial charge in [0.2, 0.25) is 4.62 Å². The lowest BCUT2D eigenvalue weighted by Crippen LogP contribution is -2.50. The number of aromatic nitrogens is 1. The Morgan fingerprint density at radius 3 is 2.33 bits per heavy atom. The molecule has 0 amide bonds. The SMILES string of the molecule is Fc1cc(C2=C3C=CC(Br)=[N+]3[B-](F)(F)n3c(Br)ccc32)ccc1C(F)(F)F. The molecule has 0 bridgehead atoms. The summed E-state index contributed by atoms with van der Waals surface area (Å²) in [7, 11) is 0. The zero-order chi connectivity index (χ0) is 19.7. The van der Waals surface area contributed by atoms with Crippen molar-refractivity contribution in [2.24, 2.45) is 0 Å². The Labute approximate surface area is 165 Å². The second-order valence-corrected chi connectivity index (χ2v) is 7.60. The first kappa shape index (κ1) is 18.6. The fourth-order valence-electron chi connectivity index (χ4n) is 3.33. The van der Waals surface area contributed by atoms with Gasteiger partial charge in [-0.2, -0.15) is 13.2 Å². The number of nitrogens with zero attached hydrogens (tertiary/aromatic N) is 2. The standard InChI is InChI=1S/C16H7BBr2F6N2/c18-13-5-3-11-15(8-1-2-9(10(20)7-8)16(21,22)23)12-4-6-14(19)27(12)17(24,25)26(11)13/h1-7H. The van der Waals surface area contributed by atoms with Crippen molar-refractivity contribution in [3.63, 3.8) is 0 Å². The summed E-state index contributed by atoms with van der Waals surface area (Å²) in [5.74, 6) is -1.47. The van der Waals surface area contributed by atoms with Gasteiger partial charge in [0.1, 0.15) is 5.82 Å². The summed E-state index contributed by atoms with van der Waals surface area (Å²) in [6, 6.07) is 5.22. The van der Waals surface area contributed by atoms with Crippen LogP contribution in [0, 0.1) is 5.82 Å². The van der Waals surface area contributed by atoms with Gasteiger partial charge in [0, 0.05) is 33.8 Å². The van der Waals surface area contributed by atoms with E-state index in [1.807, 2.05) is 0 Å². The summed E-state index contributed by atoms with van der Waals surface area (Å²) >= 11 is 6.16. The monoisotopic (exact) mass is 510 g/mol. The first-order valence-electron chi connectivity index (χ1n) is 7.54. The Morgan fingerprint density at radius 1 is 1.00 bits per heavy atom. The molecule has 2 aromatic rings. The van der Waals surface area contributed by atoms with Gasteiger partial charge in [-0.05, 0) is 45.8 Å². The number of alkyl halides is 3. The molecule has 2 aliphatic rings. The number of hydrogen-bond acceptors (Lipinski definition) is 0. The van der Waals surface area contributed by atoms with E-state index in [-0.39, 0.29) is 31.8 Å². The van der Waals surface area contributed by atoms with E-state index in [0.29, 0.717) is 12.1 Å². The Bertz CT molecular complexity index is 1080. The molecule has 0 unspecified atom stereocenters. The maximum atomic E-state index is 15.1. The molecule has 1 aromatic heterocycles. The quantitative estimate of drug-likeness (QED) is 0.339. The third-order valence-corrected chi connectivity index (χ3v) is 5.73. The third kappa shape index (κ3) is 2.66. The number of rotatable bonds is 1. The molecule has 0 radical (unpaired) electrons. The van der Waals surface area contributed by atoms with Crippen molar-refractivity contribution in [2.45, 2.75) is 6.18 Å². The van der Waals surface area contributed by atoms with Crippen LogP contribution in [-0.2, 0) is 6.18 Å². The summed E-state index contributed by atoms with van der Waals surface area (Å²) in [5.41, 5.74) is -1.00. The van der Waals surface area contributed by atoms with E-state index in [9.17, 15) is 17.6 Å². The molecule has 0 spiro atoms. The lowest BCUT2D eigenvalue weighted by molar-refractivity contribution is -0.358. The average Bonchev–Trinajstić information content (AvgIpc) is 3.11. The second-order valence-electron chi connectivity index (χ2n) is 5.98. The van der Waals surface area contributed by atoms with Crippen molar-refractivity contribution in [1.82, 2.24) is 4.48 Å². The van der Waals surface area contributed by atoms with E-state index >= 15 is 8.63 Å². The number of hydrogen-bond donors (Lipinski definition) is 0. The van der Waals surface area contributed by atoms with Gasteiger partial charge < -0.3 is 17.6 Å². The first-order chi connectivity index (χ1) is 12.5.